The largest absolute Gasteiger partial charge is 0.507 e. The number of fused-ring (bicyclic) bond motifs is 1. The van der Waals surface area contributed by atoms with E-state index in [0.717, 1.165) is 15.7 Å². The zero-order chi connectivity index (χ0) is 11.5. The predicted octanol–water partition coefficient (Wildman–Crippen LogP) is 4.39. The Morgan fingerprint density at radius 3 is 2.56 bits per heavy atom. The van der Waals surface area contributed by atoms with E-state index < -0.39 is 0 Å². The second-order valence-electron chi connectivity index (χ2n) is 3.43. The summed E-state index contributed by atoms with van der Waals surface area (Å²) in [7, 11) is 0. The first kappa shape index (κ1) is 11.4. The quantitative estimate of drug-likeness (QED) is 0.816. The fourth-order valence-electron chi connectivity index (χ4n) is 1.54. The smallest absolute Gasteiger partial charge is 0.123 e. The standard InChI is InChI=1S/C13H11ClOS/c1-9(14)8-16-13-7-6-12(15)10-4-2-3-5-11(10)13/h2-7,15H,1,8H2. The van der Waals surface area contributed by atoms with Crippen LogP contribution in [0.4, 0.5) is 0 Å². The number of hydrogen-bond donors (Lipinski definition) is 1. The molecule has 2 aromatic rings. The van der Waals surface area contributed by atoms with Crippen LogP contribution in [0.15, 0.2) is 52.9 Å². The molecule has 0 aromatic heterocycles. The average Bonchev–Trinajstić information content (AvgIpc) is 2.28. The van der Waals surface area contributed by atoms with Crippen LogP contribution in [0.5, 0.6) is 5.75 Å². The van der Waals surface area contributed by atoms with Crippen molar-refractivity contribution < 1.29 is 5.11 Å². The molecule has 3 heteroatoms. The Kier molecular flexibility index (Phi) is 3.42. The number of thioether (sulfide) groups is 1. The summed E-state index contributed by atoms with van der Waals surface area (Å²) in [6.07, 6.45) is 0. The SMILES string of the molecule is C=C(Cl)CSc1ccc(O)c2ccccc12. The third kappa shape index (κ3) is 2.34. The summed E-state index contributed by atoms with van der Waals surface area (Å²) in [5, 5.41) is 12.3. The van der Waals surface area contributed by atoms with E-state index in [1.807, 2.05) is 30.3 Å². The predicted molar refractivity (Wildman–Crippen MR) is 71.3 cm³/mol. The molecular formula is C13H11ClOS. The number of aromatic hydroxyl groups is 1. The fourth-order valence-corrected chi connectivity index (χ4v) is 2.51. The topological polar surface area (TPSA) is 20.2 Å². The van der Waals surface area contributed by atoms with Gasteiger partial charge in [0.15, 0.2) is 0 Å². The maximum Gasteiger partial charge on any atom is 0.123 e. The summed E-state index contributed by atoms with van der Waals surface area (Å²) >= 11 is 7.37. The summed E-state index contributed by atoms with van der Waals surface area (Å²) in [5.41, 5.74) is 0. The number of benzene rings is 2. The van der Waals surface area contributed by atoms with Crippen molar-refractivity contribution in [1.82, 2.24) is 0 Å². The lowest BCUT2D eigenvalue weighted by Gasteiger charge is -2.07. The van der Waals surface area contributed by atoms with Gasteiger partial charge in [-0.2, -0.15) is 0 Å². The van der Waals surface area contributed by atoms with Crippen LogP contribution in [0.3, 0.4) is 0 Å². The van der Waals surface area contributed by atoms with Gasteiger partial charge in [-0.05, 0) is 17.5 Å². The van der Waals surface area contributed by atoms with Crippen LogP contribution in [-0.4, -0.2) is 10.9 Å². The summed E-state index contributed by atoms with van der Waals surface area (Å²) in [5.74, 6) is 0.987. The maximum absolute atomic E-state index is 9.72. The molecule has 0 radical (unpaired) electrons. The number of halogens is 1. The summed E-state index contributed by atoms with van der Waals surface area (Å²) in [4.78, 5) is 1.11. The zero-order valence-electron chi connectivity index (χ0n) is 8.61. The number of phenols is 1. The minimum atomic E-state index is 0.310. The zero-order valence-corrected chi connectivity index (χ0v) is 10.2. The lowest BCUT2D eigenvalue weighted by atomic mass is 10.1. The Bertz CT molecular complexity index is 536. The molecule has 0 aliphatic rings. The Hall–Kier alpha value is -1.12. The molecule has 1 nitrogen and oxygen atoms in total. The third-order valence-electron chi connectivity index (χ3n) is 2.25. The molecule has 0 spiro atoms. The summed E-state index contributed by atoms with van der Waals surface area (Å²) in [6, 6.07) is 11.4. The third-order valence-corrected chi connectivity index (χ3v) is 3.70. The van der Waals surface area contributed by atoms with E-state index >= 15 is 0 Å². The molecule has 1 N–H and O–H groups in total. The van der Waals surface area contributed by atoms with Crippen LogP contribution >= 0.6 is 23.4 Å². The molecule has 0 atom stereocenters. The molecule has 0 heterocycles. The number of hydrogen-bond acceptors (Lipinski definition) is 2. The van der Waals surface area contributed by atoms with Gasteiger partial charge < -0.3 is 5.11 Å². The van der Waals surface area contributed by atoms with Crippen molar-refractivity contribution in [2.24, 2.45) is 0 Å². The maximum atomic E-state index is 9.72. The molecule has 2 rings (SSSR count). The number of rotatable bonds is 3. The van der Waals surface area contributed by atoms with E-state index in [1.165, 1.54) is 0 Å². The average molecular weight is 251 g/mol. The molecule has 2 aromatic carbocycles. The van der Waals surface area contributed by atoms with Crippen molar-refractivity contribution >= 4 is 34.1 Å². The first-order valence-corrected chi connectivity index (χ1v) is 6.21. The lowest BCUT2D eigenvalue weighted by molar-refractivity contribution is 0.481. The van der Waals surface area contributed by atoms with E-state index in [-0.39, 0.29) is 0 Å². The van der Waals surface area contributed by atoms with Crippen molar-refractivity contribution in [3.63, 3.8) is 0 Å². The molecule has 82 valence electrons. The molecule has 0 saturated carbocycles. The summed E-state index contributed by atoms with van der Waals surface area (Å²) < 4.78 is 0. The van der Waals surface area contributed by atoms with Gasteiger partial charge in [-0.1, -0.05) is 42.4 Å². The highest BCUT2D eigenvalue weighted by atomic mass is 35.5. The Morgan fingerprint density at radius 2 is 1.88 bits per heavy atom. The molecule has 0 saturated heterocycles. The van der Waals surface area contributed by atoms with Crippen molar-refractivity contribution in [1.29, 1.82) is 0 Å². The lowest BCUT2D eigenvalue weighted by Crippen LogP contribution is -1.81. The molecule has 0 bridgehead atoms. The van der Waals surface area contributed by atoms with Gasteiger partial charge in [0.1, 0.15) is 5.75 Å². The van der Waals surface area contributed by atoms with Crippen LogP contribution in [0.2, 0.25) is 0 Å². The Labute approximate surface area is 104 Å². The Morgan fingerprint density at radius 1 is 1.19 bits per heavy atom. The molecule has 0 amide bonds. The van der Waals surface area contributed by atoms with Gasteiger partial charge in [0, 0.05) is 21.1 Å². The van der Waals surface area contributed by atoms with Gasteiger partial charge in [-0.3, -0.25) is 0 Å². The molecule has 0 aliphatic heterocycles. The number of phenolic OH excluding ortho intramolecular Hbond substituents is 1. The summed E-state index contributed by atoms with van der Waals surface area (Å²) in [6.45, 7) is 3.66. The van der Waals surface area contributed by atoms with Gasteiger partial charge in [0.05, 0.1) is 0 Å². The molecule has 0 aliphatic carbocycles. The highest BCUT2D eigenvalue weighted by Gasteiger charge is 2.05. The molecule has 16 heavy (non-hydrogen) atoms. The highest BCUT2D eigenvalue weighted by molar-refractivity contribution is 7.99. The monoisotopic (exact) mass is 250 g/mol. The second kappa shape index (κ2) is 4.81. The van der Waals surface area contributed by atoms with E-state index in [4.69, 9.17) is 11.6 Å². The van der Waals surface area contributed by atoms with Crippen molar-refractivity contribution in [3.8, 4) is 5.75 Å². The van der Waals surface area contributed by atoms with Gasteiger partial charge >= 0.3 is 0 Å². The van der Waals surface area contributed by atoms with Gasteiger partial charge in [0.25, 0.3) is 0 Å². The van der Waals surface area contributed by atoms with Crippen molar-refractivity contribution in [2.45, 2.75) is 4.90 Å². The van der Waals surface area contributed by atoms with Gasteiger partial charge in [0.2, 0.25) is 0 Å². The first-order chi connectivity index (χ1) is 7.68. The van der Waals surface area contributed by atoms with Crippen LogP contribution in [0.1, 0.15) is 0 Å². The van der Waals surface area contributed by atoms with Crippen molar-refractivity contribution in [2.75, 3.05) is 5.75 Å². The minimum absolute atomic E-state index is 0.310. The molecule has 0 fully saturated rings. The second-order valence-corrected chi connectivity index (χ2v) is 4.99. The fraction of sp³-hybridized carbons (Fsp3) is 0.0769. The van der Waals surface area contributed by atoms with E-state index in [1.54, 1.807) is 17.8 Å². The molecular weight excluding hydrogens is 240 g/mol. The van der Waals surface area contributed by atoms with E-state index in [0.29, 0.717) is 16.5 Å². The van der Waals surface area contributed by atoms with Gasteiger partial charge in [-0.25, -0.2) is 0 Å². The Balaban J connectivity index is 2.46. The van der Waals surface area contributed by atoms with Crippen LogP contribution in [-0.2, 0) is 0 Å². The van der Waals surface area contributed by atoms with Crippen molar-refractivity contribution in [3.05, 3.63) is 48.0 Å². The highest BCUT2D eigenvalue weighted by Crippen LogP contribution is 2.33. The van der Waals surface area contributed by atoms with Crippen LogP contribution in [0, 0.1) is 0 Å². The van der Waals surface area contributed by atoms with E-state index in [9.17, 15) is 5.11 Å². The van der Waals surface area contributed by atoms with Crippen LogP contribution < -0.4 is 0 Å². The van der Waals surface area contributed by atoms with Crippen LogP contribution in [0.25, 0.3) is 10.8 Å². The normalized spacial score (nSPS) is 10.6. The first-order valence-electron chi connectivity index (χ1n) is 4.85. The van der Waals surface area contributed by atoms with E-state index in [2.05, 4.69) is 6.58 Å². The van der Waals surface area contributed by atoms with Gasteiger partial charge in [-0.15, -0.1) is 11.8 Å². The molecule has 0 unspecified atom stereocenters. The minimum Gasteiger partial charge on any atom is -0.507 e.